The predicted molar refractivity (Wildman–Crippen MR) is 119 cm³/mol. The molecule has 3 aromatic rings. The summed E-state index contributed by atoms with van der Waals surface area (Å²) in [5.41, 5.74) is 2.55. The Kier molecular flexibility index (Phi) is 6.23. The number of nitrogens with one attached hydrogen (secondary N) is 2. The van der Waals surface area contributed by atoms with Gasteiger partial charge < -0.3 is 10.6 Å². The molecule has 1 fully saturated rings. The molecule has 3 aromatic carbocycles. The number of amides is 1. The first-order valence-corrected chi connectivity index (χ1v) is 10.5. The monoisotopic (exact) mass is 387 g/mol. The molecule has 1 heterocycles. The molecule has 1 amide bonds. The zero-order valence-electron chi connectivity index (χ0n) is 17.0. The lowest BCUT2D eigenvalue weighted by Crippen LogP contribution is -2.42. The molecule has 1 aliphatic rings. The third kappa shape index (κ3) is 4.66. The summed E-state index contributed by atoms with van der Waals surface area (Å²) in [5, 5.41) is 9.29. The van der Waals surface area contributed by atoms with Crippen molar-refractivity contribution < 1.29 is 4.79 Å². The first kappa shape index (κ1) is 19.6. The fourth-order valence-electron chi connectivity index (χ4n) is 4.31. The maximum atomic E-state index is 12.7. The summed E-state index contributed by atoms with van der Waals surface area (Å²) in [5.74, 6) is 0.137. The summed E-state index contributed by atoms with van der Waals surface area (Å²) in [6.07, 6.45) is 0.837. The standard InChI is InChI=1S/C25H29N3O/c1-2-26-25(29)24-15-22(18-28(24)17-19-9-4-3-5-10-19)27-16-21-13-8-12-20-11-6-7-14-23(20)21/h3-14,22,24,27H,2,15-18H2,1H3,(H,26,29)/t22-,24+/m1/s1. The minimum Gasteiger partial charge on any atom is -0.355 e. The molecule has 0 aromatic heterocycles. The van der Waals surface area contributed by atoms with E-state index in [4.69, 9.17) is 0 Å². The molecule has 2 atom stereocenters. The number of rotatable bonds is 7. The minimum absolute atomic E-state index is 0.0832. The summed E-state index contributed by atoms with van der Waals surface area (Å²) in [7, 11) is 0. The van der Waals surface area contributed by atoms with Crippen LogP contribution in [0.4, 0.5) is 0 Å². The van der Waals surface area contributed by atoms with E-state index in [9.17, 15) is 4.79 Å². The lowest BCUT2D eigenvalue weighted by Gasteiger charge is -2.23. The molecule has 0 saturated carbocycles. The molecule has 2 N–H and O–H groups in total. The lowest BCUT2D eigenvalue weighted by atomic mass is 10.0. The van der Waals surface area contributed by atoms with Gasteiger partial charge in [-0.25, -0.2) is 0 Å². The molecular formula is C25H29N3O. The van der Waals surface area contributed by atoms with Crippen molar-refractivity contribution in [3.8, 4) is 0 Å². The van der Waals surface area contributed by atoms with Crippen molar-refractivity contribution in [3.63, 3.8) is 0 Å². The molecule has 4 nitrogen and oxygen atoms in total. The number of likely N-dealkylation sites (N-methyl/N-ethyl adjacent to an activating group) is 1. The van der Waals surface area contributed by atoms with Crippen molar-refractivity contribution in [2.45, 2.75) is 38.5 Å². The fraction of sp³-hybridized carbons (Fsp3) is 0.320. The number of hydrogen-bond donors (Lipinski definition) is 2. The quantitative estimate of drug-likeness (QED) is 0.650. The summed E-state index contributed by atoms with van der Waals surface area (Å²) in [6.45, 7) is 5.14. The summed E-state index contributed by atoms with van der Waals surface area (Å²) >= 11 is 0. The van der Waals surface area contributed by atoms with Gasteiger partial charge >= 0.3 is 0 Å². The van der Waals surface area contributed by atoms with Gasteiger partial charge in [0.25, 0.3) is 0 Å². The molecule has 0 spiro atoms. The number of benzene rings is 3. The minimum atomic E-state index is -0.0832. The number of carbonyl (C=O) groups is 1. The van der Waals surface area contributed by atoms with E-state index in [2.05, 4.69) is 82.3 Å². The Morgan fingerprint density at radius 3 is 2.59 bits per heavy atom. The first-order valence-electron chi connectivity index (χ1n) is 10.5. The normalized spacial score (nSPS) is 19.5. The van der Waals surface area contributed by atoms with Gasteiger partial charge in [0.05, 0.1) is 6.04 Å². The largest absolute Gasteiger partial charge is 0.355 e. The molecule has 0 bridgehead atoms. The number of fused-ring (bicyclic) bond motifs is 1. The van der Waals surface area contributed by atoms with Gasteiger partial charge in [-0.15, -0.1) is 0 Å². The Bertz CT molecular complexity index is 951. The molecule has 4 heteroatoms. The second-order valence-electron chi connectivity index (χ2n) is 7.78. The van der Waals surface area contributed by atoms with Crippen LogP contribution in [0.25, 0.3) is 10.8 Å². The molecule has 0 radical (unpaired) electrons. The smallest absolute Gasteiger partial charge is 0.237 e. The van der Waals surface area contributed by atoms with Gasteiger partial charge in [-0.3, -0.25) is 9.69 Å². The van der Waals surface area contributed by atoms with E-state index in [1.807, 2.05) is 13.0 Å². The predicted octanol–water partition coefficient (Wildman–Crippen LogP) is 3.71. The third-order valence-corrected chi connectivity index (χ3v) is 5.75. The Labute approximate surface area is 172 Å². The van der Waals surface area contributed by atoms with Gasteiger partial charge in [0.1, 0.15) is 0 Å². The molecule has 150 valence electrons. The zero-order valence-corrected chi connectivity index (χ0v) is 17.0. The second-order valence-corrected chi connectivity index (χ2v) is 7.78. The van der Waals surface area contributed by atoms with Gasteiger partial charge in [0, 0.05) is 32.2 Å². The van der Waals surface area contributed by atoms with E-state index in [1.54, 1.807) is 0 Å². The van der Waals surface area contributed by atoms with Crippen LogP contribution < -0.4 is 10.6 Å². The highest BCUT2D eigenvalue weighted by Crippen LogP contribution is 2.23. The van der Waals surface area contributed by atoms with Crippen molar-refractivity contribution in [2.75, 3.05) is 13.1 Å². The summed E-state index contributed by atoms with van der Waals surface area (Å²) in [4.78, 5) is 15.0. The topological polar surface area (TPSA) is 44.4 Å². The van der Waals surface area contributed by atoms with Crippen LogP contribution in [0.3, 0.4) is 0 Å². The van der Waals surface area contributed by atoms with Crippen molar-refractivity contribution >= 4 is 16.7 Å². The summed E-state index contributed by atoms with van der Waals surface area (Å²) < 4.78 is 0. The molecule has 4 rings (SSSR count). The van der Waals surface area contributed by atoms with Gasteiger partial charge in [-0.05, 0) is 35.2 Å². The van der Waals surface area contributed by atoms with Crippen LogP contribution in [0.1, 0.15) is 24.5 Å². The number of nitrogens with zero attached hydrogens (tertiary/aromatic N) is 1. The van der Waals surface area contributed by atoms with Gasteiger partial charge in [-0.1, -0.05) is 72.8 Å². The maximum Gasteiger partial charge on any atom is 0.237 e. The van der Waals surface area contributed by atoms with Crippen molar-refractivity contribution in [1.29, 1.82) is 0 Å². The van der Waals surface area contributed by atoms with Crippen molar-refractivity contribution in [3.05, 3.63) is 83.9 Å². The van der Waals surface area contributed by atoms with E-state index in [0.29, 0.717) is 12.6 Å². The molecule has 0 aliphatic carbocycles. The molecular weight excluding hydrogens is 358 g/mol. The number of carbonyl (C=O) groups excluding carboxylic acids is 1. The molecule has 1 aliphatic heterocycles. The van der Waals surface area contributed by atoms with Gasteiger partial charge in [0.15, 0.2) is 0 Å². The zero-order chi connectivity index (χ0) is 20.1. The van der Waals surface area contributed by atoms with E-state index in [0.717, 1.165) is 26.1 Å². The number of hydrogen-bond acceptors (Lipinski definition) is 3. The highest BCUT2D eigenvalue weighted by molar-refractivity contribution is 5.85. The third-order valence-electron chi connectivity index (χ3n) is 5.75. The highest BCUT2D eigenvalue weighted by Gasteiger charge is 2.36. The SMILES string of the molecule is CCNC(=O)[C@@H]1C[C@@H](NCc2cccc3ccccc23)CN1Cc1ccccc1. The number of likely N-dealkylation sites (tertiary alicyclic amines) is 1. The Morgan fingerprint density at radius 1 is 1.00 bits per heavy atom. The van der Waals surface area contributed by atoms with Crippen LogP contribution in [-0.2, 0) is 17.9 Å². The van der Waals surface area contributed by atoms with Crippen LogP contribution in [0.15, 0.2) is 72.8 Å². The average molecular weight is 388 g/mol. The van der Waals surface area contributed by atoms with Crippen LogP contribution in [0.2, 0.25) is 0 Å². The molecule has 1 saturated heterocycles. The van der Waals surface area contributed by atoms with Crippen molar-refractivity contribution in [2.24, 2.45) is 0 Å². The Balaban J connectivity index is 1.45. The van der Waals surface area contributed by atoms with Crippen LogP contribution in [0, 0.1) is 0 Å². The maximum absolute atomic E-state index is 12.7. The van der Waals surface area contributed by atoms with Gasteiger partial charge in [0.2, 0.25) is 5.91 Å². The van der Waals surface area contributed by atoms with E-state index >= 15 is 0 Å². The fourth-order valence-corrected chi connectivity index (χ4v) is 4.31. The lowest BCUT2D eigenvalue weighted by molar-refractivity contribution is -0.125. The van der Waals surface area contributed by atoms with E-state index < -0.39 is 0 Å². The first-order chi connectivity index (χ1) is 14.2. The highest BCUT2D eigenvalue weighted by atomic mass is 16.2. The Hall–Kier alpha value is -2.69. The molecule has 0 unspecified atom stereocenters. The van der Waals surface area contributed by atoms with Gasteiger partial charge in [-0.2, -0.15) is 0 Å². The van der Waals surface area contributed by atoms with Crippen LogP contribution in [-0.4, -0.2) is 36.0 Å². The van der Waals surface area contributed by atoms with Crippen molar-refractivity contribution in [1.82, 2.24) is 15.5 Å². The Morgan fingerprint density at radius 2 is 1.76 bits per heavy atom. The van der Waals surface area contributed by atoms with E-state index in [-0.39, 0.29) is 11.9 Å². The summed E-state index contributed by atoms with van der Waals surface area (Å²) in [6, 6.07) is 25.6. The van der Waals surface area contributed by atoms with Crippen LogP contribution >= 0.6 is 0 Å². The average Bonchev–Trinajstić information content (AvgIpc) is 3.16. The second kappa shape index (κ2) is 9.21. The van der Waals surface area contributed by atoms with Crippen LogP contribution in [0.5, 0.6) is 0 Å². The van der Waals surface area contributed by atoms with E-state index in [1.165, 1.54) is 21.9 Å². The molecule has 29 heavy (non-hydrogen) atoms.